The van der Waals surface area contributed by atoms with Crippen LogP contribution in [0.1, 0.15) is 62.4 Å². The van der Waals surface area contributed by atoms with Crippen molar-refractivity contribution in [2.45, 2.75) is 82.1 Å². The third-order valence-electron chi connectivity index (χ3n) is 9.00. The molecule has 7 atom stereocenters. The fourth-order valence-electron chi connectivity index (χ4n) is 6.06. The highest BCUT2D eigenvalue weighted by molar-refractivity contribution is 9.09. The van der Waals surface area contributed by atoms with E-state index in [1.165, 1.54) is 19.3 Å². The molecule has 0 aromatic heterocycles. The highest BCUT2D eigenvalue weighted by Gasteiger charge is 2.37. The molecular weight excluding hydrogens is 798 g/mol. The minimum Gasteiger partial charge on any atom is -0.495 e. The molecule has 0 saturated heterocycles. The second kappa shape index (κ2) is 23.5. The maximum atomic E-state index is 13.9. The number of alkyl halides is 1. The number of nitrogens with zero attached hydrogens (tertiary/aromatic N) is 3. The first-order valence-electron chi connectivity index (χ1n) is 18.1. The number of cyclic esters (lactones) is 2. The number of azide groups is 1. The lowest BCUT2D eigenvalue weighted by molar-refractivity contribution is -0.178. The van der Waals surface area contributed by atoms with Crippen LogP contribution < -0.4 is 15.4 Å². The Bertz CT molecular complexity index is 1670. The molecule has 298 valence electrons. The van der Waals surface area contributed by atoms with E-state index in [4.69, 9.17) is 36.1 Å². The number of benzene rings is 2. The smallest absolute Gasteiger partial charge is 0.347 e. The summed E-state index contributed by atoms with van der Waals surface area (Å²) in [5, 5.41) is 9.36. The van der Waals surface area contributed by atoms with Crippen molar-refractivity contribution in [2.24, 2.45) is 22.9 Å². The van der Waals surface area contributed by atoms with E-state index in [0.29, 0.717) is 29.0 Å². The Morgan fingerprint density at radius 2 is 1.84 bits per heavy atom. The molecule has 2 N–H and O–H groups in total. The predicted octanol–water partition coefficient (Wildman–Crippen LogP) is 6.38. The molecule has 2 aromatic carbocycles. The zero-order chi connectivity index (χ0) is 40.3. The summed E-state index contributed by atoms with van der Waals surface area (Å²) < 4.78 is 23.2. The van der Waals surface area contributed by atoms with E-state index < -0.39 is 64.8 Å². The van der Waals surface area contributed by atoms with Crippen molar-refractivity contribution in [1.82, 2.24) is 10.6 Å². The Morgan fingerprint density at radius 3 is 2.49 bits per heavy atom. The second-order valence-electron chi connectivity index (χ2n) is 13.6. The molecule has 3 rings (SSSR count). The van der Waals surface area contributed by atoms with Gasteiger partial charge in [0.25, 0.3) is 0 Å². The fourth-order valence-corrected chi connectivity index (χ4v) is 7.28. The zero-order valence-electron chi connectivity index (χ0n) is 31.4. The molecule has 14 nitrogen and oxygen atoms in total. The Labute approximate surface area is 334 Å². The van der Waals surface area contributed by atoms with Gasteiger partial charge in [-0.25, -0.2) is 4.79 Å². The van der Waals surface area contributed by atoms with Gasteiger partial charge in [-0.1, -0.05) is 95.9 Å². The van der Waals surface area contributed by atoms with E-state index in [2.05, 4.69) is 36.6 Å². The number of hydrogen-bond donors (Lipinski definition) is 2. The number of methoxy groups -OCH3 is 1. The number of amides is 2. The standard InChI is InChI=1S/C39H49BrClN5O9/c1-24(2)20-33-39(51)54-31(25(3)36(53-19-18-47)35(40)27-10-6-5-7-11-27)13-8-14-34(48)45-30(22-26-15-16-32(52-4)29(41)21-26)37(49)43-23-28(38(50)55-33)12-9-17-44-46-42/h5-8,10-11,14-16,18,21,24-25,28,30-31,33,35-36H,9,12-13,17,19-20,22-23H2,1-4H3,(H,43,49)(H,45,48)/b14-8+/t25-,28-,30+,31-,33-,35-,36+/m0/s1. The summed E-state index contributed by atoms with van der Waals surface area (Å²) in [4.78, 5) is 68.6. The number of carbonyl (C=O) groups is 5. The number of carbonyl (C=O) groups excluding carboxylic acids is 5. The highest BCUT2D eigenvalue weighted by atomic mass is 79.9. The first kappa shape index (κ1) is 45.0. The van der Waals surface area contributed by atoms with Crippen LogP contribution in [0.3, 0.4) is 0 Å². The van der Waals surface area contributed by atoms with E-state index in [1.807, 2.05) is 44.2 Å². The van der Waals surface area contributed by atoms with Gasteiger partial charge in [-0.05, 0) is 60.0 Å². The van der Waals surface area contributed by atoms with Gasteiger partial charge >= 0.3 is 11.9 Å². The number of nitrogens with one attached hydrogen (secondary N) is 2. The van der Waals surface area contributed by atoms with Crippen LogP contribution in [0.4, 0.5) is 0 Å². The molecule has 0 radical (unpaired) electrons. The van der Waals surface area contributed by atoms with Gasteiger partial charge in [0.05, 0.1) is 29.0 Å². The summed E-state index contributed by atoms with van der Waals surface area (Å²) in [6, 6.07) is 13.3. The topological polar surface area (TPSA) is 195 Å². The Morgan fingerprint density at radius 1 is 1.09 bits per heavy atom. The minimum absolute atomic E-state index is 0.0329. The van der Waals surface area contributed by atoms with Gasteiger partial charge in [-0.2, -0.15) is 0 Å². The molecule has 0 aliphatic carbocycles. The van der Waals surface area contributed by atoms with Crippen molar-refractivity contribution >= 4 is 57.6 Å². The summed E-state index contributed by atoms with van der Waals surface area (Å²) in [6.07, 6.45) is 1.21. The molecule has 0 bridgehead atoms. The monoisotopic (exact) mass is 845 g/mol. The molecule has 0 spiro atoms. The fraction of sp³-hybridized carbons (Fsp3) is 0.513. The number of esters is 2. The summed E-state index contributed by atoms with van der Waals surface area (Å²) >= 11 is 10.1. The number of aldehydes is 1. The van der Waals surface area contributed by atoms with Gasteiger partial charge in [-0.15, -0.1) is 0 Å². The lowest BCUT2D eigenvalue weighted by Crippen LogP contribution is -2.49. The second-order valence-corrected chi connectivity index (χ2v) is 15.0. The average molecular weight is 847 g/mol. The highest BCUT2D eigenvalue weighted by Crippen LogP contribution is 2.35. The molecule has 1 heterocycles. The van der Waals surface area contributed by atoms with Crippen molar-refractivity contribution in [2.75, 3.05) is 26.8 Å². The molecule has 0 saturated carbocycles. The van der Waals surface area contributed by atoms with Gasteiger partial charge in [0.2, 0.25) is 11.8 Å². The molecule has 1 aliphatic heterocycles. The molecule has 0 unspecified atom stereocenters. The van der Waals surface area contributed by atoms with Gasteiger partial charge in [-0.3, -0.25) is 14.4 Å². The number of halogens is 2. The lowest BCUT2D eigenvalue weighted by Gasteiger charge is -2.34. The Balaban J connectivity index is 2.04. The van der Waals surface area contributed by atoms with Gasteiger partial charge in [0.15, 0.2) is 6.10 Å². The van der Waals surface area contributed by atoms with E-state index in [1.54, 1.807) is 25.1 Å². The molecule has 0 fully saturated rings. The molecular formula is C39H49BrClN5O9. The predicted molar refractivity (Wildman–Crippen MR) is 209 cm³/mol. The lowest BCUT2D eigenvalue weighted by atomic mass is 9.90. The number of rotatable bonds is 16. The number of hydrogen-bond acceptors (Lipinski definition) is 10. The van der Waals surface area contributed by atoms with Crippen molar-refractivity contribution in [3.05, 3.63) is 87.3 Å². The third kappa shape index (κ3) is 14.6. The Hall–Kier alpha value is -4.43. The van der Waals surface area contributed by atoms with Crippen LogP contribution in [0.15, 0.2) is 65.8 Å². The van der Waals surface area contributed by atoms with Crippen molar-refractivity contribution < 1.29 is 42.9 Å². The summed E-state index contributed by atoms with van der Waals surface area (Å²) in [5.74, 6) is -3.85. The van der Waals surface area contributed by atoms with Crippen LogP contribution in [-0.4, -0.2) is 81.2 Å². The van der Waals surface area contributed by atoms with Crippen LogP contribution in [0.25, 0.3) is 10.4 Å². The van der Waals surface area contributed by atoms with Crippen LogP contribution in [-0.2, 0) is 44.6 Å². The molecule has 2 amide bonds. The first-order chi connectivity index (χ1) is 26.4. The van der Waals surface area contributed by atoms with Crippen LogP contribution >= 0.6 is 27.5 Å². The maximum Gasteiger partial charge on any atom is 0.347 e. The molecule has 2 aromatic rings. The molecule has 55 heavy (non-hydrogen) atoms. The van der Waals surface area contributed by atoms with Gasteiger partial charge in [0.1, 0.15) is 30.8 Å². The zero-order valence-corrected chi connectivity index (χ0v) is 33.7. The Kier molecular flexibility index (Phi) is 19.2. The molecule has 16 heteroatoms. The van der Waals surface area contributed by atoms with E-state index in [9.17, 15) is 24.0 Å². The van der Waals surface area contributed by atoms with E-state index in [-0.39, 0.29) is 51.3 Å². The molecule has 1 aliphatic rings. The number of ether oxygens (including phenoxy) is 4. The van der Waals surface area contributed by atoms with Crippen LogP contribution in [0.2, 0.25) is 5.02 Å². The third-order valence-corrected chi connectivity index (χ3v) is 10.3. The summed E-state index contributed by atoms with van der Waals surface area (Å²) in [7, 11) is 1.48. The van der Waals surface area contributed by atoms with Crippen LogP contribution in [0.5, 0.6) is 5.75 Å². The summed E-state index contributed by atoms with van der Waals surface area (Å²) in [5.41, 5.74) is 10.3. The van der Waals surface area contributed by atoms with E-state index >= 15 is 0 Å². The average Bonchev–Trinajstić information content (AvgIpc) is 3.16. The maximum absolute atomic E-state index is 13.9. The van der Waals surface area contributed by atoms with Crippen molar-refractivity contribution in [3.8, 4) is 5.75 Å². The summed E-state index contributed by atoms with van der Waals surface area (Å²) in [6.45, 7) is 5.23. The quantitative estimate of drug-likeness (QED) is 0.0366. The SMILES string of the molecule is COc1ccc(C[C@H]2NC(=O)/C=C/C[C@@H]([C@H](C)[C@@H](OCC=O)[C@@H](Br)c3ccccc3)OC(=O)[C@H](CC(C)C)OC(=O)[C@@H](CCCN=[N+]=[N-])CNC2=O)cc1Cl. The first-order valence-corrected chi connectivity index (χ1v) is 19.4. The van der Waals surface area contributed by atoms with Gasteiger partial charge < -0.3 is 34.4 Å². The van der Waals surface area contributed by atoms with E-state index in [0.717, 1.165) is 5.56 Å². The van der Waals surface area contributed by atoms with Crippen molar-refractivity contribution in [3.63, 3.8) is 0 Å². The largest absolute Gasteiger partial charge is 0.495 e. The minimum atomic E-state index is -1.30. The van der Waals surface area contributed by atoms with Crippen LogP contribution in [0, 0.1) is 17.8 Å². The van der Waals surface area contributed by atoms with Gasteiger partial charge in [0, 0.05) is 36.8 Å². The van der Waals surface area contributed by atoms with Crippen molar-refractivity contribution in [1.29, 1.82) is 0 Å². The normalized spacial score (nSPS) is 22.2.